The predicted molar refractivity (Wildman–Crippen MR) is 171 cm³/mol. The Labute approximate surface area is 256 Å². The molecule has 1 aromatic heterocycles. The number of rotatable bonds is 10. The number of hydrogen-bond donors (Lipinski definition) is 3. The first-order valence-electron chi connectivity index (χ1n) is 13.7. The van der Waals surface area contributed by atoms with E-state index in [0.29, 0.717) is 17.1 Å². The van der Waals surface area contributed by atoms with Gasteiger partial charge in [0.15, 0.2) is 5.82 Å². The summed E-state index contributed by atoms with van der Waals surface area (Å²) in [5.41, 5.74) is 2.77. The Balaban J connectivity index is 1.60. The van der Waals surface area contributed by atoms with E-state index in [2.05, 4.69) is 42.8 Å². The van der Waals surface area contributed by atoms with Crippen molar-refractivity contribution in [1.29, 1.82) is 0 Å². The number of nitrogens with one attached hydrogen (secondary N) is 3. The number of carbonyl (C=O) groups is 3. The van der Waals surface area contributed by atoms with Crippen LogP contribution in [0.25, 0.3) is 0 Å². The van der Waals surface area contributed by atoms with Crippen LogP contribution in [0.4, 0.5) is 34.5 Å². The van der Waals surface area contributed by atoms with Gasteiger partial charge in [0.25, 0.3) is 11.7 Å². The average molecular weight is 606 g/mol. The fraction of sp³-hybridized carbons (Fsp3) is 0.300. The van der Waals surface area contributed by atoms with Crippen LogP contribution in [0.1, 0.15) is 10.4 Å². The maximum atomic E-state index is 12.8. The molecule has 43 heavy (non-hydrogen) atoms. The Hall–Kier alpha value is -4.68. The van der Waals surface area contributed by atoms with Crippen molar-refractivity contribution in [3.8, 4) is 0 Å². The number of benzene rings is 2. The van der Waals surface area contributed by atoms with Gasteiger partial charge in [-0.3, -0.25) is 14.4 Å². The average Bonchev–Trinajstić information content (AvgIpc) is 2.98. The van der Waals surface area contributed by atoms with Gasteiger partial charge in [0, 0.05) is 72.3 Å². The molecule has 0 saturated carbocycles. The quantitative estimate of drug-likeness (QED) is 0.179. The van der Waals surface area contributed by atoms with Crippen molar-refractivity contribution < 1.29 is 14.4 Å². The molecule has 1 saturated heterocycles. The molecule has 226 valence electrons. The zero-order chi connectivity index (χ0) is 31.1. The van der Waals surface area contributed by atoms with Gasteiger partial charge in [-0.1, -0.05) is 23.7 Å². The summed E-state index contributed by atoms with van der Waals surface area (Å²) in [5, 5.41) is 9.46. The van der Waals surface area contributed by atoms with E-state index in [0.717, 1.165) is 31.9 Å². The summed E-state index contributed by atoms with van der Waals surface area (Å²) in [6.45, 7) is 3.50. The molecule has 4 rings (SSSR count). The molecule has 0 aliphatic carbocycles. The lowest BCUT2D eigenvalue weighted by Crippen LogP contribution is -2.44. The highest BCUT2D eigenvalue weighted by Gasteiger charge is 2.22. The smallest absolute Gasteiger partial charge is 0.294 e. The van der Waals surface area contributed by atoms with E-state index in [9.17, 15) is 14.4 Å². The Morgan fingerprint density at radius 2 is 1.67 bits per heavy atom. The van der Waals surface area contributed by atoms with Crippen molar-refractivity contribution >= 4 is 63.7 Å². The largest absolute Gasteiger partial charge is 0.383 e. The summed E-state index contributed by atoms with van der Waals surface area (Å²) in [7, 11) is 8.82. The lowest BCUT2D eigenvalue weighted by molar-refractivity contribution is -0.124. The maximum absolute atomic E-state index is 12.8. The van der Waals surface area contributed by atoms with Crippen LogP contribution in [0.15, 0.2) is 60.9 Å². The molecule has 3 aromatic rings. The van der Waals surface area contributed by atoms with Gasteiger partial charge in [0.2, 0.25) is 11.9 Å². The van der Waals surface area contributed by atoms with Crippen molar-refractivity contribution in [3.63, 3.8) is 0 Å². The Bertz CT molecular complexity index is 1520. The lowest BCUT2D eigenvalue weighted by atomic mass is 10.1. The second kappa shape index (κ2) is 14.0. The summed E-state index contributed by atoms with van der Waals surface area (Å²) in [5.74, 6) is -1.08. The number of amides is 2. The number of halogens is 1. The number of aromatic nitrogens is 2. The van der Waals surface area contributed by atoms with E-state index < -0.39 is 11.7 Å². The molecule has 3 N–H and O–H groups in total. The molecule has 2 aromatic carbocycles. The first-order valence-corrected chi connectivity index (χ1v) is 14.0. The fourth-order valence-corrected chi connectivity index (χ4v) is 4.45. The van der Waals surface area contributed by atoms with Crippen LogP contribution < -0.4 is 20.9 Å². The van der Waals surface area contributed by atoms with E-state index in [4.69, 9.17) is 11.6 Å². The van der Waals surface area contributed by atoms with Crippen molar-refractivity contribution in [1.82, 2.24) is 24.7 Å². The number of anilines is 6. The third kappa shape index (κ3) is 8.21. The molecule has 12 nitrogen and oxygen atoms in total. The minimum atomic E-state index is -0.660. The Kier molecular flexibility index (Phi) is 10.2. The van der Waals surface area contributed by atoms with Gasteiger partial charge in [-0.25, -0.2) is 4.98 Å². The fourth-order valence-electron chi connectivity index (χ4n) is 4.31. The van der Waals surface area contributed by atoms with E-state index in [1.807, 2.05) is 32.3 Å². The van der Waals surface area contributed by atoms with E-state index in [1.165, 1.54) is 31.3 Å². The molecule has 1 aliphatic rings. The molecule has 13 heteroatoms. The van der Waals surface area contributed by atoms with Crippen LogP contribution in [-0.4, -0.2) is 104 Å². The van der Waals surface area contributed by atoms with Gasteiger partial charge in [-0.15, -0.1) is 0 Å². The Morgan fingerprint density at radius 3 is 2.37 bits per heavy atom. The van der Waals surface area contributed by atoms with Crippen LogP contribution in [-0.2, 0) is 9.59 Å². The standard InChI is InChI=1S/C30H36ClN9O3/c1-37(2)13-12-26(41)34-24-18-20(10-11-25(24)40-16-14-39(5)15-17-40)33-30-32-19-22(31)28(36-30)35-23-9-7-6-8-21(23)27(42)29(43)38(3)4/h6-13,18-19H,14-17H2,1-5H3,(H,34,41)(H2,32,33,35,36). The number of piperazine rings is 1. The molecule has 0 bridgehead atoms. The van der Waals surface area contributed by atoms with Crippen LogP contribution in [0.5, 0.6) is 0 Å². The van der Waals surface area contributed by atoms with Gasteiger partial charge < -0.3 is 35.6 Å². The second-order valence-corrected chi connectivity index (χ2v) is 10.9. The molecule has 0 atom stereocenters. The maximum Gasteiger partial charge on any atom is 0.294 e. The van der Waals surface area contributed by atoms with Crippen LogP contribution in [0.3, 0.4) is 0 Å². The highest BCUT2D eigenvalue weighted by molar-refractivity contribution is 6.43. The summed E-state index contributed by atoms with van der Waals surface area (Å²) < 4.78 is 0. The van der Waals surface area contributed by atoms with Crippen LogP contribution in [0, 0.1) is 0 Å². The zero-order valence-corrected chi connectivity index (χ0v) is 25.6. The van der Waals surface area contributed by atoms with Crippen molar-refractivity contribution in [3.05, 3.63) is 71.5 Å². The summed E-state index contributed by atoms with van der Waals surface area (Å²) in [4.78, 5) is 54.2. The minimum Gasteiger partial charge on any atom is -0.383 e. The number of likely N-dealkylation sites (N-methyl/N-ethyl adjacent to an activating group) is 2. The van der Waals surface area contributed by atoms with E-state index >= 15 is 0 Å². The van der Waals surface area contributed by atoms with Gasteiger partial charge >= 0.3 is 0 Å². The topological polar surface area (TPSA) is 126 Å². The van der Waals surface area contributed by atoms with Crippen LogP contribution in [0.2, 0.25) is 5.02 Å². The van der Waals surface area contributed by atoms with Crippen molar-refractivity contribution in [2.45, 2.75) is 0 Å². The van der Waals surface area contributed by atoms with Gasteiger partial charge in [-0.05, 0) is 37.4 Å². The highest BCUT2D eigenvalue weighted by Crippen LogP contribution is 2.32. The minimum absolute atomic E-state index is 0.189. The third-order valence-electron chi connectivity index (χ3n) is 6.65. The first kappa shape index (κ1) is 31.3. The van der Waals surface area contributed by atoms with Crippen molar-refractivity contribution in [2.24, 2.45) is 0 Å². The van der Waals surface area contributed by atoms with Gasteiger partial charge in [0.05, 0.1) is 28.8 Å². The SMILES string of the molecule is CN(C)C=CC(=O)Nc1cc(Nc2ncc(Cl)c(Nc3ccccc3C(=O)C(=O)N(C)C)n2)ccc1N1CCN(C)CC1. The monoisotopic (exact) mass is 605 g/mol. The third-order valence-corrected chi connectivity index (χ3v) is 6.92. The molecular weight excluding hydrogens is 570 g/mol. The normalized spacial score (nSPS) is 13.5. The van der Waals surface area contributed by atoms with Gasteiger partial charge in [0.1, 0.15) is 5.02 Å². The van der Waals surface area contributed by atoms with Crippen molar-refractivity contribution in [2.75, 3.05) is 82.3 Å². The lowest BCUT2D eigenvalue weighted by Gasteiger charge is -2.35. The van der Waals surface area contributed by atoms with E-state index in [-0.39, 0.29) is 28.3 Å². The Morgan fingerprint density at radius 1 is 0.953 bits per heavy atom. The number of Topliss-reactive ketones (excluding diaryl/α,β-unsaturated/α-hetero) is 1. The number of ketones is 1. The summed E-state index contributed by atoms with van der Waals surface area (Å²) >= 11 is 6.40. The summed E-state index contributed by atoms with van der Waals surface area (Å²) in [6.07, 6.45) is 4.59. The molecular formula is C30H36ClN9O3. The highest BCUT2D eigenvalue weighted by atomic mass is 35.5. The molecule has 0 radical (unpaired) electrons. The summed E-state index contributed by atoms with van der Waals surface area (Å²) in [6, 6.07) is 12.3. The molecule has 2 heterocycles. The number of nitrogens with zero attached hydrogens (tertiary/aromatic N) is 6. The molecule has 1 aliphatic heterocycles. The predicted octanol–water partition coefficient (Wildman–Crippen LogP) is 3.65. The van der Waals surface area contributed by atoms with Gasteiger partial charge in [-0.2, -0.15) is 4.98 Å². The molecule has 1 fully saturated rings. The second-order valence-electron chi connectivity index (χ2n) is 10.5. The molecule has 0 spiro atoms. The number of para-hydroxylation sites is 1. The van der Waals surface area contributed by atoms with E-state index in [1.54, 1.807) is 35.4 Å². The molecule has 0 unspecified atom stereocenters. The number of carbonyl (C=O) groups excluding carboxylic acids is 3. The van der Waals surface area contributed by atoms with Crippen LogP contribution >= 0.6 is 11.6 Å². The molecule has 2 amide bonds. The first-order chi connectivity index (χ1) is 20.5. The zero-order valence-electron chi connectivity index (χ0n) is 24.9. The number of hydrogen-bond acceptors (Lipinski definition) is 10.